The van der Waals surface area contributed by atoms with Crippen LogP contribution in [0.3, 0.4) is 0 Å². The Hall–Kier alpha value is -1.20. The average Bonchev–Trinajstić information content (AvgIpc) is 2.49. The van der Waals surface area contributed by atoms with E-state index < -0.39 is 26.1 Å². The summed E-state index contributed by atoms with van der Waals surface area (Å²) in [5, 5.41) is 32.5. The van der Waals surface area contributed by atoms with Gasteiger partial charge in [0.2, 0.25) is 0 Å². The van der Waals surface area contributed by atoms with Crippen molar-refractivity contribution in [3.63, 3.8) is 0 Å². The second-order valence-electron chi connectivity index (χ2n) is 4.80. The number of oxime groups is 1. The minimum atomic E-state index is -1.70. The van der Waals surface area contributed by atoms with Gasteiger partial charge < -0.3 is 24.7 Å². The summed E-state index contributed by atoms with van der Waals surface area (Å²) in [6.07, 6.45) is -2.33. The molecule has 0 radical (unpaired) electrons. The van der Waals surface area contributed by atoms with E-state index in [4.69, 9.17) is 4.84 Å². The Morgan fingerprint density at radius 3 is 2.57 bits per heavy atom. The number of aliphatic hydroxyl groups is 3. The van der Waals surface area contributed by atoms with Gasteiger partial charge in [-0.15, -0.1) is 0 Å². The quantitative estimate of drug-likeness (QED) is 0.356. The van der Waals surface area contributed by atoms with Crippen molar-refractivity contribution in [2.45, 2.75) is 31.3 Å². The van der Waals surface area contributed by atoms with E-state index in [1.807, 2.05) is 30.3 Å². The average molecular weight is 315 g/mol. The lowest BCUT2D eigenvalue weighted by Gasteiger charge is -2.19. The summed E-state index contributed by atoms with van der Waals surface area (Å²) >= 11 is 0. The lowest BCUT2D eigenvalue weighted by molar-refractivity contribution is -0.0345. The largest absolute Gasteiger partial charge is 0.391 e. The van der Waals surface area contributed by atoms with Crippen molar-refractivity contribution in [1.29, 1.82) is 0 Å². The van der Waals surface area contributed by atoms with Crippen LogP contribution < -0.4 is 0 Å². The summed E-state index contributed by atoms with van der Waals surface area (Å²) in [6, 6.07) is 9.38. The van der Waals surface area contributed by atoms with Crippen molar-refractivity contribution in [3.8, 4) is 0 Å². The number of rotatable bonds is 9. The van der Waals surface area contributed by atoms with E-state index in [9.17, 15) is 19.9 Å². The number of benzene rings is 1. The van der Waals surface area contributed by atoms with Gasteiger partial charge in [0.05, 0.1) is 20.1 Å². The third kappa shape index (κ3) is 7.39. The van der Waals surface area contributed by atoms with Crippen molar-refractivity contribution >= 4 is 14.0 Å². The van der Waals surface area contributed by atoms with Crippen LogP contribution in [-0.2, 0) is 16.0 Å². The molecule has 0 aromatic heterocycles. The molecule has 0 amide bonds. The lowest BCUT2D eigenvalue weighted by Crippen LogP contribution is -2.38. The Labute approximate surface area is 124 Å². The summed E-state index contributed by atoms with van der Waals surface area (Å²) in [5.74, 6) is 0. The molecule has 1 aromatic carbocycles. The van der Waals surface area contributed by atoms with Crippen LogP contribution in [-0.4, -0.2) is 52.7 Å². The normalized spacial score (nSPS) is 17.3. The Morgan fingerprint density at radius 2 is 1.95 bits per heavy atom. The zero-order chi connectivity index (χ0) is 15.7. The molecule has 1 aromatic rings. The van der Waals surface area contributed by atoms with E-state index in [1.54, 1.807) is 6.66 Å². The molecule has 0 fully saturated rings. The monoisotopic (exact) mass is 315 g/mol. The van der Waals surface area contributed by atoms with Crippen LogP contribution in [0.25, 0.3) is 0 Å². The van der Waals surface area contributed by atoms with E-state index in [0.717, 1.165) is 11.8 Å². The van der Waals surface area contributed by atoms with Crippen LogP contribution in [0, 0.1) is 0 Å². The highest BCUT2D eigenvalue weighted by molar-refractivity contribution is 7.43. The molecule has 118 valence electrons. The van der Waals surface area contributed by atoms with Crippen LogP contribution >= 0.6 is 7.80 Å². The number of hydrogen-bond donors (Lipinski definition) is 3. The maximum absolute atomic E-state index is 11.0. The summed E-state index contributed by atoms with van der Waals surface area (Å²) < 4.78 is 11.0. The number of aliphatic hydroxyl groups excluding tert-OH is 3. The summed E-state index contributed by atoms with van der Waals surface area (Å²) in [4.78, 5) is 4.99. The smallest absolute Gasteiger partial charge is 0.142 e. The van der Waals surface area contributed by atoms with E-state index >= 15 is 0 Å². The van der Waals surface area contributed by atoms with Gasteiger partial charge in [-0.05, 0) is 18.6 Å². The second-order valence-corrected chi connectivity index (χ2v) is 6.71. The highest BCUT2D eigenvalue weighted by Crippen LogP contribution is 2.17. The van der Waals surface area contributed by atoms with Gasteiger partial charge in [0.1, 0.15) is 18.8 Å². The van der Waals surface area contributed by atoms with Gasteiger partial charge >= 0.3 is 0 Å². The van der Waals surface area contributed by atoms with E-state index in [1.165, 1.54) is 0 Å². The highest BCUT2D eigenvalue weighted by Gasteiger charge is 2.23. The molecule has 1 unspecified atom stereocenters. The first-order chi connectivity index (χ1) is 10.0. The molecule has 4 atom stereocenters. The molecular weight excluding hydrogens is 293 g/mol. The standard InChI is InChI=1S/C14H22NO5P/c1-21(19)8-7-12(16)14(18)13(17)9-15-20-10-11-5-3-2-4-6-11/h2-6,9,12-14,16-18,21H,7-8,10H2,1H3/t12-,13+,14-/m1/s1. The molecule has 3 N–H and O–H groups in total. The minimum absolute atomic E-state index is 0.172. The maximum Gasteiger partial charge on any atom is 0.142 e. The molecule has 0 aliphatic carbocycles. The van der Waals surface area contributed by atoms with Crippen molar-refractivity contribution in [1.82, 2.24) is 0 Å². The predicted molar refractivity (Wildman–Crippen MR) is 82.2 cm³/mol. The molecule has 0 bridgehead atoms. The topological polar surface area (TPSA) is 99.4 Å². The van der Waals surface area contributed by atoms with Crippen molar-refractivity contribution < 1.29 is 24.7 Å². The van der Waals surface area contributed by atoms with Crippen LogP contribution in [0.5, 0.6) is 0 Å². The van der Waals surface area contributed by atoms with Gasteiger partial charge in [-0.2, -0.15) is 0 Å². The lowest BCUT2D eigenvalue weighted by atomic mass is 10.1. The molecule has 0 aliphatic rings. The van der Waals surface area contributed by atoms with Crippen LogP contribution in [0.4, 0.5) is 0 Å². The predicted octanol–water partition coefficient (Wildman–Crippen LogP) is 0.851. The summed E-state index contributed by atoms with van der Waals surface area (Å²) in [5.41, 5.74) is 0.929. The Morgan fingerprint density at radius 1 is 1.29 bits per heavy atom. The Balaban J connectivity index is 2.32. The zero-order valence-electron chi connectivity index (χ0n) is 11.9. The Bertz CT molecular complexity index is 454. The van der Waals surface area contributed by atoms with Crippen LogP contribution in [0.15, 0.2) is 35.5 Å². The third-order valence-electron chi connectivity index (χ3n) is 2.90. The minimum Gasteiger partial charge on any atom is -0.391 e. The fourth-order valence-corrected chi connectivity index (χ4v) is 2.33. The molecule has 1 rings (SSSR count). The first-order valence-corrected chi connectivity index (χ1v) is 8.85. The van der Waals surface area contributed by atoms with Crippen LogP contribution in [0.1, 0.15) is 12.0 Å². The molecule has 0 saturated heterocycles. The molecule has 0 saturated carbocycles. The maximum atomic E-state index is 11.0. The third-order valence-corrected chi connectivity index (χ3v) is 3.89. The molecule has 0 aliphatic heterocycles. The van der Waals surface area contributed by atoms with Gasteiger partial charge in [0, 0.05) is 6.16 Å². The number of hydrogen-bond acceptors (Lipinski definition) is 6. The summed E-state index contributed by atoms with van der Waals surface area (Å²) in [7, 11) is -1.70. The molecule has 0 spiro atoms. The molecule has 21 heavy (non-hydrogen) atoms. The fourth-order valence-electron chi connectivity index (χ4n) is 1.63. The van der Waals surface area contributed by atoms with Gasteiger partial charge in [-0.25, -0.2) is 0 Å². The first kappa shape index (κ1) is 17.9. The fraction of sp³-hybridized carbons (Fsp3) is 0.500. The molecular formula is C14H22NO5P. The Kier molecular flexibility index (Phi) is 8.23. The molecule has 0 heterocycles. The zero-order valence-corrected chi connectivity index (χ0v) is 12.9. The highest BCUT2D eigenvalue weighted by atomic mass is 31.1. The van der Waals surface area contributed by atoms with Crippen molar-refractivity contribution in [2.75, 3.05) is 12.8 Å². The van der Waals surface area contributed by atoms with Gasteiger partial charge in [0.15, 0.2) is 0 Å². The van der Waals surface area contributed by atoms with Crippen molar-refractivity contribution in [2.24, 2.45) is 5.16 Å². The second kappa shape index (κ2) is 9.68. The van der Waals surface area contributed by atoms with Crippen molar-refractivity contribution in [3.05, 3.63) is 35.9 Å². The number of nitrogens with zero attached hydrogens (tertiary/aromatic N) is 1. The SMILES string of the molecule is C[PH](=O)CC[C@@H](O)[C@@H](O)[C@@H](O)C=NOCc1ccccc1. The first-order valence-electron chi connectivity index (χ1n) is 6.73. The van der Waals surface area contributed by atoms with Gasteiger partial charge in [0.25, 0.3) is 0 Å². The summed E-state index contributed by atoms with van der Waals surface area (Å²) in [6.45, 7) is 1.83. The van der Waals surface area contributed by atoms with Gasteiger partial charge in [-0.1, -0.05) is 35.5 Å². The van der Waals surface area contributed by atoms with Gasteiger partial charge in [-0.3, -0.25) is 0 Å². The molecule has 6 nitrogen and oxygen atoms in total. The van der Waals surface area contributed by atoms with Crippen LogP contribution in [0.2, 0.25) is 0 Å². The molecule has 7 heteroatoms. The van der Waals surface area contributed by atoms with E-state index in [-0.39, 0.29) is 13.0 Å². The van der Waals surface area contributed by atoms with E-state index in [2.05, 4.69) is 5.16 Å². The van der Waals surface area contributed by atoms with E-state index in [0.29, 0.717) is 6.16 Å².